The number of aromatic nitrogens is 1. The van der Waals surface area contributed by atoms with Gasteiger partial charge in [0.15, 0.2) is 0 Å². The fourth-order valence-corrected chi connectivity index (χ4v) is 4.72. The van der Waals surface area contributed by atoms with Crippen LogP contribution in [0.2, 0.25) is 5.02 Å². The van der Waals surface area contributed by atoms with E-state index in [0.717, 1.165) is 39.5 Å². The molecule has 1 unspecified atom stereocenters. The molecule has 0 aliphatic heterocycles. The third-order valence-corrected chi connectivity index (χ3v) is 6.78. The zero-order valence-corrected chi connectivity index (χ0v) is 22.2. The maximum absolute atomic E-state index is 13.2. The van der Waals surface area contributed by atoms with E-state index in [1.807, 2.05) is 117 Å². The summed E-state index contributed by atoms with van der Waals surface area (Å²) in [7, 11) is 0. The number of hydrogen-bond acceptors (Lipinski definition) is 2. The normalized spacial score (nSPS) is 11.7. The first-order chi connectivity index (χ1) is 18.5. The molecule has 1 aromatic heterocycles. The van der Waals surface area contributed by atoms with Gasteiger partial charge in [-0.25, -0.2) is 0 Å². The Labute approximate surface area is 228 Å². The summed E-state index contributed by atoms with van der Waals surface area (Å²) >= 11 is 6.44. The minimum Gasteiger partial charge on any atom is -0.488 e. The van der Waals surface area contributed by atoms with Crippen molar-refractivity contribution < 1.29 is 9.53 Å². The lowest BCUT2D eigenvalue weighted by molar-refractivity contribution is 0.0940. The number of ether oxygens (including phenoxy) is 1. The third kappa shape index (κ3) is 5.66. The van der Waals surface area contributed by atoms with Crippen LogP contribution in [0.5, 0.6) is 5.75 Å². The van der Waals surface area contributed by atoms with E-state index >= 15 is 0 Å². The highest BCUT2D eigenvalue weighted by Crippen LogP contribution is 2.36. The van der Waals surface area contributed by atoms with Crippen LogP contribution in [0.25, 0.3) is 16.9 Å². The topological polar surface area (TPSA) is 43.3 Å². The number of nitrogens with one attached hydrogen (secondary N) is 1. The van der Waals surface area contributed by atoms with E-state index < -0.39 is 0 Å². The Balaban J connectivity index is 1.45. The molecule has 0 aliphatic carbocycles. The number of hydrogen-bond donors (Lipinski definition) is 1. The Morgan fingerprint density at radius 3 is 2.37 bits per heavy atom. The second-order valence-corrected chi connectivity index (χ2v) is 9.70. The minimum atomic E-state index is -0.121. The van der Waals surface area contributed by atoms with Crippen molar-refractivity contribution in [3.8, 4) is 22.7 Å². The Hall–Kier alpha value is -4.28. The van der Waals surface area contributed by atoms with Crippen LogP contribution in [0.4, 0.5) is 0 Å². The quantitative estimate of drug-likeness (QED) is 0.224. The van der Waals surface area contributed by atoms with E-state index in [1.54, 1.807) is 0 Å². The summed E-state index contributed by atoms with van der Waals surface area (Å²) < 4.78 is 8.37. The average molecular weight is 521 g/mol. The van der Waals surface area contributed by atoms with Crippen molar-refractivity contribution in [2.75, 3.05) is 0 Å². The lowest BCUT2D eigenvalue weighted by atomic mass is 10.1. The van der Waals surface area contributed by atoms with Crippen molar-refractivity contribution in [3.05, 3.63) is 143 Å². The summed E-state index contributed by atoms with van der Waals surface area (Å²) in [6, 6.07) is 37.3. The first-order valence-corrected chi connectivity index (χ1v) is 13.0. The second kappa shape index (κ2) is 11.4. The van der Waals surface area contributed by atoms with Crippen LogP contribution in [0, 0.1) is 6.92 Å². The predicted octanol–water partition coefficient (Wildman–Crippen LogP) is 8.18. The van der Waals surface area contributed by atoms with Gasteiger partial charge in [-0.1, -0.05) is 78.3 Å². The molecule has 0 fully saturated rings. The van der Waals surface area contributed by atoms with Crippen LogP contribution in [-0.4, -0.2) is 10.5 Å². The third-order valence-electron chi connectivity index (χ3n) is 6.54. The van der Waals surface area contributed by atoms with Gasteiger partial charge in [-0.05, 0) is 73.5 Å². The van der Waals surface area contributed by atoms with E-state index in [4.69, 9.17) is 16.3 Å². The number of carbonyl (C=O) groups excluding carboxylic acids is 1. The number of nitrogens with zero attached hydrogens (tertiary/aromatic N) is 1. The van der Waals surface area contributed by atoms with Gasteiger partial charge in [0, 0.05) is 27.5 Å². The van der Waals surface area contributed by atoms with Gasteiger partial charge in [0.2, 0.25) is 0 Å². The summed E-state index contributed by atoms with van der Waals surface area (Å²) in [6.07, 6.45) is 0. The van der Waals surface area contributed by atoms with Gasteiger partial charge in [-0.3, -0.25) is 4.79 Å². The number of rotatable bonds is 8. The van der Waals surface area contributed by atoms with Crippen molar-refractivity contribution in [3.63, 3.8) is 0 Å². The standard InChI is InChI=1S/C33H29ClN2O2/c1-23-16-18-31(30-21-28(34)17-19-32(30)38-22-25-10-5-3-6-11-25)36(23)29-15-9-14-27(20-29)33(37)35-24(2)26-12-7-4-8-13-26/h3-21,24H,22H2,1-2H3,(H,35,37). The molecule has 0 saturated heterocycles. The molecule has 5 aromatic rings. The molecule has 1 N–H and O–H groups in total. The number of aryl methyl sites for hydroxylation is 1. The van der Waals surface area contributed by atoms with Crippen LogP contribution < -0.4 is 10.1 Å². The zero-order valence-electron chi connectivity index (χ0n) is 21.4. The maximum atomic E-state index is 13.2. The highest BCUT2D eigenvalue weighted by Gasteiger charge is 2.17. The van der Waals surface area contributed by atoms with Gasteiger partial charge in [-0.15, -0.1) is 0 Å². The molecule has 0 spiro atoms. The van der Waals surface area contributed by atoms with Crippen molar-refractivity contribution in [1.29, 1.82) is 0 Å². The SMILES string of the molecule is Cc1ccc(-c2cc(Cl)ccc2OCc2ccccc2)n1-c1cccc(C(=O)NC(C)c2ccccc2)c1. The summed E-state index contributed by atoms with van der Waals surface area (Å²) in [4.78, 5) is 13.2. The van der Waals surface area contributed by atoms with Crippen molar-refractivity contribution in [2.24, 2.45) is 0 Å². The molecular formula is C33H29ClN2O2. The smallest absolute Gasteiger partial charge is 0.251 e. The molecule has 38 heavy (non-hydrogen) atoms. The number of carbonyl (C=O) groups is 1. The van der Waals surface area contributed by atoms with Crippen LogP contribution >= 0.6 is 11.6 Å². The fraction of sp³-hybridized carbons (Fsp3) is 0.121. The van der Waals surface area contributed by atoms with E-state index in [9.17, 15) is 4.79 Å². The van der Waals surface area contributed by atoms with E-state index in [0.29, 0.717) is 17.2 Å². The van der Waals surface area contributed by atoms with Crippen LogP contribution in [-0.2, 0) is 6.61 Å². The molecule has 0 saturated carbocycles. The summed E-state index contributed by atoms with van der Waals surface area (Å²) in [5.74, 6) is 0.618. The van der Waals surface area contributed by atoms with Gasteiger partial charge in [0.1, 0.15) is 12.4 Å². The molecule has 4 aromatic carbocycles. The second-order valence-electron chi connectivity index (χ2n) is 9.27. The van der Waals surface area contributed by atoms with Gasteiger partial charge < -0.3 is 14.6 Å². The van der Waals surface area contributed by atoms with Crippen LogP contribution in [0.15, 0.2) is 115 Å². The summed E-state index contributed by atoms with van der Waals surface area (Å²) in [5.41, 5.74) is 6.47. The Morgan fingerprint density at radius 2 is 1.61 bits per heavy atom. The Bertz CT molecular complexity index is 1540. The predicted molar refractivity (Wildman–Crippen MR) is 154 cm³/mol. The van der Waals surface area contributed by atoms with E-state index in [-0.39, 0.29) is 11.9 Å². The largest absolute Gasteiger partial charge is 0.488 e. The van der Waals surface area contributed by atoms with Crippen molar-refractivity contribution in [1.82, 2.24) is 9.88 Å². The van der Waals surface area contributed by atoms with Gasteiger partial charge in [0.25, 0.3) is 5.91 Å². The highest BCUT2D eigenvalue weighted by molar-refractivity contribution is 6.31. The molecule has 4 nitrogen and oxygen atoms in total. The van der Waals surface area contributed by atoms with Crippen molar-refractivity contribution in [2.45, 2.75) is 26.5 Å². The minimum absolute atomic E-state index is 0.105. The van der Waals surface area contributed by atoms with Crippen molar-refractivity contribution >= 4 is 17.5 Å². The molecule has 5 heteroatoms. The van der Waals surface area contributed by atoms with Gasteiger partial charge >= 0.3 is 0 Å². The lowest BCUT2D eigenvalue weighted by Crippen LogP contribution is -2.26. The average Bonchev–Trinajstić information content (AvgIpc) is 3.34. The highest BCUT2D eigenvalue weighted by atomic mass is 35.5. The van der Waals surface area contributed by atoms with Gasteiger partial charge in [-0.2, -0.15) is 0 Å². The first-order valence-electron chi connectivity index (χ1n) is 12.6. The molecule has 1 atom stereocenters. The number of halogens is 1. The molecule has 190 valence electrons. The Kier molecular flexibility index (Phi) is 7.62. The molecular weight excluding hydrogens is 492 g/mol. The zero-order chi connectivity index (χ0) is 26.5. The van der Waals surface area contributed by atoms with Crippen LogP contribution in [0.3, 0.4) is 0 Å². The van der Waals surface area contributed by atoms with Gasteiger partial charge in [0.05, 0.1) is 11.7 Å². The van der Waals surface area contributed by atoms with E-state index in [2.05, 4.69) is 22.0 Å². The summed E-state index contributed by atoms with van der Waals surface area (Å²) in [5, 5.41) is 3.73. The fourth-order valence-electron chi connectivity index (χ4n) is 4.55. The maximum Gasteiger partial charge on any atom is 0.251 e. The molecule has 1 heterocycles. The first kappa shape index (κ1) is 25.4. The molecule has 5 rings (SSSR count). The molecule has 1 amide bonds. The number of amides is 1. The monoisotopic (exact) mass is 520 g/mol. The molecule has 0 radical (unpaired) electrons. The lowest BCUT2D eigenvalue weighted by Gasteiger charge is -2.18. The van der Waals surface area contributed by atoms with E-state index in [1.165, 1.54) is 0 Å². The van der Waals surface area contributed by atoms with Crippen LogP contribution in [0.1, 0.15) is 40.1 Å². The molecule has 0 bridgehead atoms. The Morgan fingerprint density at radius 1 is 0.868 bits per heavy atom. The number of benzene rings is 4. The molecule has 0 aliphatic rings. The summed E-state index contributed by atoms with van der Waals surface area (Å²) in [6.45, 7) is 4.48.